The van der Waals surface area contributed by atoms with E-state index < -0.39 is 0 Å². The maximum absolute atomic E-state index is 11.8. The predicted octanol–water partition coefficient (Wildman–Crippen LogP) is 6.28. The molecule has 1 aromatic heterocycles. The second kappa shape index (κ2) is 7.69. The Morgan fingerprint density at radius 2 is 1.80 bits per heavy atom. The molecule has 3 aromatic rings. The lowest BCUT2D eigenvalue weighted by atomic mass is 10.1. The van der Waals surface area contributed by atoms with Crippen molar-refractivity contribution in [3.63, 3.8) is 0 Å². The lowest BCUT2D eigenvalue weighted by Gasteiger charge is -2.11. The molecule has 0 radical (unpaired) electrons. The molecule has 3 nitrogen and oxygen atoms in total. The van der Waals surface area contributed by atoms with Gasteiger partial charge in [0, 0.05) is 17.5 Å². The quantitative estimate of drug-likeness (QED) is 0.475. The Morgan fingerprint density at radius 3 is 2.52 bits per heavy atom. The highest BCUT2D eigenvalue weighted by molar-refractivity contribution is 6.42. The van der Waals surface area contributed by atoms with Crippen LogP contribution in [0.3, 0.4) is 0 Å². The molecule has 0 fully saturated rings. The highest BCUT2D eigenvalue weighted by Gasteiger charge is 2.11. The van der Waals surface area contributed by atoms with Crippen molar-refractivity contribution in [1.82, 2.24) is 0 Å². The standard InChI is InChI=1S/C19H15Cl3O3/c1-2-3-12-7-19(23)25-17-9-18(16(22)8-13(12)17)24-10-11-4-5-14(20)15(21)6-11/h4-9H,2-3,10H2,1H3. The minimum atomic E-state index is -0.381. The number of aryl methyl sites for hydroxylation is 1. The van der Waals surface area contributed by atoms with Crippen LogP contribution in [0.1, 0.15) is 24.5 Å². The number of benzene rings is 2. The van der Waals surface area contributed by atoms with Gasteiger partial charge in [-0.05, 0) is 35.7 Å². The molecular formula is C19H15Cl3O3. The molecule has 0 saturated heterocycles. The van der Waals surface area contributed by atoms with Crippen molar-refractivity contribution in [1.29, 1.82) is 0 Å². The summed E-state index contributed by atoms with van der Waals surface area (Å²) in [4.78, 5) is 11.8. The molecule has 0 aliphatic carbocycles. The third kappa shape index (κ3) is 4.12. The van der Waals surface area contributed by atoms with Crippen molar-refractivity contribution in [3.8, 4) is 5.75 Å². The Balaban J connectivity index is 1.92. The first kappa shape index (κ1) is 18.1. The Bertz CT molecular complexity index is 980. The van der Waals surface area contributed by atoms with Gasteiger partial charge in [0.25, 0.3) is 0 Å². The lowest BCUT2D eigenvalue weighted by Crippen LogP contribution is -2.02. The SMILES string of the molecule is CCCc1cc(=O)oc2cc(OCc3ccc(Cl)c(Cl)c3)c(Cl)cc12. The lowest BCUT2D eigenvalue weighted by molar-refractivity contribution is 0.306. The van der Waals surface area contributed by atoms with Crippen molar-refractivity contribution < 1.29 is 9.15 Å². The van der Waals surface area contributed by atoms with Crippen LogP contribution < -0.4 is 10.4 Å². The van der Waals surface area contributed by atoms with Gasteiger partial charge in [0.1, 0.15) is 17.9 Å². The Labute approximate surface area is 160 Å². The zero-order valence-corrected chi connectivity index (χ0v) is 15.7. The van der Waals surface area contributed by atoms with Gasteiger partial charge in [-0.15, -0.1) is 0 Å². The predicted molar refractivity (Wildman–Crippen MR) is 102 cm³/mol. The van der Waals surface area contributed by atoms with E-state index in [2.05, 4.69) is 6.92 Å². The summed E-state index contributed by atoms with van der Waals surface area (Å²) in [6.45, 7) is 2.32. The van der Waals surface area contributed by atoms with Gasteiger partial charge in [-0.1, -0.05) is 54.2 Å². The largest absolute Gasteiger partial charge is 0.487 e. The van der Waals surface area contributed by atoms with E-state index in [1.807, 2.05) is 6.07 Å². The van der Waals surface area contributed by atoms with Crippen LogP contribution in [-0.2, 0) is 13.0 Å². The van der Waals surface area contributed by atoms with E-state index in [0.717, 1.165) is 29.4 Å². The maximum atomic E-state index is 11.8. The molecule has 2 aromatic carbocycles. The number of hydrogen-bond acceptors (Lipinski definition) is 3. The first-order chi connectivity index (χ1) is 12.0. The molecule has 25 heavy (non-hydrogen) atoms. The molecular weight excluding hydrogens is 383 g/mol. The minimum absolute atomic E-state index is 0.265. The maximum Gasteiger partial charge on any atom is 0.336 e. The van der Waals surface area contributed by atoms with Crippen molar-refractivity contribution in [3.05, 3.63) is 73.0 Å². The molecule has 0 saturated carbocycles. The highest BCUT2D eigenvalue weighted by Crippen LogP contribution is 2.32. The summed E-state index contributed by atoms with van der Waals surface area (Å²) in [5.74, 6) is 0.442. The molecule has 0 N–H and O–H groups in total. The van der Waals surface area contributed by atoms with Crippen LogP contribution in [0, 0.1) is 0 Å². The smallest absolute Gasteiger partial charge is 0.336 e. The third-order valence-electron chi connectivity index (χ3n) is 3.78. The Kier molecular flexibility index (Phi) is 5.57. The summed E-state index contributed by atoms with van der Waals surface area (Å²) in [6, 6.07) is 10.2. The summed E-state index contributed by atoms with van der Waals surface area (Å²) < 4.78 is 11.1. The monoisotopic (exact) mass is 396 g/mol. The number of hydrogen-bond donors (Lipinski definition) is 0. The van der Waals surface area contributed by atoms with Crippen molar-refractivity contribution in [2.24, 2.45) is 0 Å². The fraction of sp³-hybridized carbons (Fsp3) is 0.211. The van der Waals surface area contributed by atoms with Crippen molar-refractivity contribution in [2.75, 3.05) is 0 Å². The Morgan fingerprint density at radius 1 is 1.00 bits per heavy atom. The average molecular weight is 398 g/mol. The van der Waals surface area contributed by atoms with Gasteiger partial charge in [0.15, 0.2) is 0 Å². The van der Waals surface area contributed by atoms with E-state index in [0.29, 0.717) is 26.4 Å². The fourth-order valence-corrected chi connectivity index (χ4v) is 3.14. The van der Waals surface area contributed by atoms with Gasteiger partial charge in [-0.3, -0.25) is 0 Å². The van der Waals surface area contributed by atoms with E-state index >= 15 is 0 Å². The molecule has 0 bridgehead atoms. The highest BCUT2D eigenvalue weighted by atomic mass is 35.5. The van der Waals surface area contributed by atoms with Gasteiger partial charge in [0.2, 0.25) is 0 Å². The number of halogens is 3. The average Bonchev–Trinajstić information content (AvgIpc) is 2.57. The van der Waals surface area contributed by atoms with E-state index in [4.69, 9.17) is 44.0 Å². The van der Waals surface area contributed by atoms with E-state index in [-0.39, 0.29) is 12.2 Å². The van der Waals surface area contributed by atoms with Gasteiger partial charge < -0.3 is 9.15 Å². The molecule has 0 unspecified atom stereocenters. The fourth-order valence-electron chi connectivity index (χ4n) is 2.61. The zero-order chi connectivity index (χ0) is 18.0. The van der Waals surface area contributed by atoms with Crippen molar-refractivity contribution in [2.45, 2.75) is 26.4 Å². The number of rotatable bonds is 5. The van der Waals surface area contributed by atoms with Crippen LogP contribution in [0.4, 0.5) is 0 Å². The van der Waals surface area contributed by atoms with Crippen LogP contribution >= 0.6 is 34.8 Å². The summed E-state index contributed by atoms with van der Waals surface area (Å²) in [5.41, 5.74) is 1.86. The molecule has 0 aliphatic heterocycles. The molecule has 3 rings (SSSR count). The third-order valence-corrected chi connectivity index (χ3v) is 4.81. The van der Waals surface area contributed by atoms with Gasteiger partial charge in [-0.2, -0.15) is 0 Å². The van der Waals surface area contributed by atoms with E-state index in [9.17, 15) is 4.79 Å². The van der Waals surface area contributed by atoms with Crippen LogP contribution in [0.25, 0.3) is 11.0 Å². The zero-order valence-electron chi connectivity index (χ0n) is 13.4. The van der Waals surface area contributed by atoms with E-state index in [1.54, 1.807) is 24.3 Å². The molecule has 1 heterocycles. The van der Waals surface area contributed by atoms with Gasteiger partial charge in [-0.25, -0.2) is 4.79 Å². The van der Waals surface area contributed by atoms with Crippen LogP contribution in [0.2, 0.25) is 15.1 Å². The normalized spacial score (nSPS) is 11.0. The molecule has 130 valence electrons. The number of ether oxygens (including phenoxy) is 1. The first-order valence-corrected chi connectivity index (χ1v) is 8.94. The molecule has 6 heteroatoms. The molecule has 0 aliphatic rings. The summed E-state index contributed by atoms with van der Waals surface area (Å²) in [7, 11) is 0. The van der Waals surface area contributed by atoms with Gasteiger partial charge in [0.05, 0.1) is 15.1 Å². The Hall–Kier alpha value is -1.68. The van der Waals surface area contributed by atoms with Crippen molar-refractivity contribution >= 4 is 45.8 Å². The molecule has 0 atom stereocenters. The van der Waals surface area contributed by atoms with Crippen LogP contribution in [0.5, 0.6) is 5.75 Å². The van der Waals surface area contributed by atoms with Crippen LogP contribution in [-0.4, -0.2) is 0 Å². The van der Waals surface area contributed by atoms with Gasteiger partial charge >= 0.3 is 5.63 Å². The first-order valence-electron chi connectivity index (χ1n) is 7.81. The summed E-state index contributed by atoms with van der Waals surface area (Å²) in [6.07, 6.45) is 1.70. The van der Waals surface area contributed by atoms with E-state index in [1.165, 1.54) is 6.07 Å². The summed E-state index contributed by atoms with van der Waals surface area (Å²) in [5, 5.41) is 2.23. The minimum Gasteiger partial charge on any atom is -0.487 e. The molecule has 0 spiro atoms. The topological polar surface area (TPSA) is 39.4 Å². The molecule has 0 amide bonds. The second-order valence-electron chi connectivity index (χ2n) is 5.66. The number of fused-ring (bicyclic) bond motifs is 1. The second-order valence-corrected chi connectivity index (χ2v) is 6.88. The van der Waals surface area contributed by atoms with Crippen LogP contribution in [0.15, 0.2) is 45.6 Å². The summed E-state index contributed by atoms with van der Waals surface area (Å²) >= 11 is 18.3.